The van der Waals surface area contributed by atoms with Gasteiger partial charge in [-0.05, 0) is 77.8 Å². The van der Waals surface area contributed by atoms with Gasteiger partial charge in [0.2, 0.25) is 0 Å². The molecule has 0 fully saturated rings. The zero-order valence-corrected chi connectivity index (χ0v) is 46.4. The second-order valence-corrected chi connectivity index (χ2v) is 18.0. The zero-order chi connectivity index (χ0) is 52.2. The fourth-order valence-electron chi connectivity index (χ4n) is 6.84. The van der Waals surface area contributed by atoms with E-state index in [4.69, 9.17) is 5.11 Å². The first-order valence-electron chi connectivity index (χ1n) is 26.8. The summed E-state index contributed by atoms with van der Waals surface area (Å²) in [4.78, 5) is 0. The monoisotopic (exact) mass is 969 g/mol. The van der Waals surface area contributed by atoms with Gasteiger partial charge in [-0.25, -0.2) is 32.0 Å². The van der Waals surface area contributed by atoms with Crippen molar-refractivity contribution in [2.45, 2.75) is 179 Å². The van der Waals surface area contributed by atoms with Crippen LogP contribution >= 0.6 is 0 Å². The minimum atomic E-state index is 0.126. The maximum absolute atomic E-state index is 8.74. The molecule has 0 aliphatic rings. The van der Waals surface area contributed by atoms with Gasteiger partial charge >= 0.3 is 0 Å². The zero-order valence-electron chi connectivity index (χ0n) is 46.4. The van der Waals surface area contributed by atoms with Gasteiger partial charge in [0.1, 0.15) is 46.3 Å². The molecule has 1 N–H and O–H groups in total. The van der Waals surface area contributed by atoms with Crippen molar-refractivity contribution in [2.24, 2.45) is 7.05 Å². The second-order valence-electron chi connectivity index (χ2n) is 18.0. The van der Waals surface area contributed by atoms with Crippen molar-refractivity contribution in [3.63, 3.8) is 0 Å². The molecule has 0 aromatic carbocycles. The molecule has 0 unspecified atom stereocenters. The molecule has 0 spiro atoms. The van der Waals surface area contributed by atoms with Crippen LogP contribution in [0.25, 0.3) is 0 Å². The molecule has 71 heavy (non-hydrogen) atoms. The quantitative estimate of drug-likeness (QED) is 0.0717. The van der Waals surface area contributed by atoms with E-state index in [0.29, 0.717) is 0 Å². The van der Waals surface area contributed by atoms with Crippen molar-refractivity contribution in [1.29, 1.82) is 0 Å². The van der Waals surface area contributed by atoms with Crippen molar-refractivity contribution in [3.8, 4) is 0 Å². The van der Waals surface area contributed by atoms with Crippen LogP contribution in [0.5, 0.6) is 0 Å². The van der Waals surface area contributed by atoms with Crippen molar-refractivity contribution < 1.29 is 37.1 Å². The van der Waals surface area contributed by atoms with E-state index < -0.39 is 0 Å². The van der Waals surface area contributed by atoms with Gasteiger partial charge in [0, 0.05) is 109 Å². The Morgan fingerprint density at radius 3 is 1.11 bits per heavy atom. The summed E-state index contributed by atoms with van der Waals surface area (Å²) >= 11 is 0. The lowest BCUT2D eigenvalue weighted by Crippen LogP contribution is -2.32. The molecule has 7 rings (SSSR count). The van der Waals surface area contributed by atoms with Crippen molar-refractivity contribution >= 4 is 0 Å². The first-order chi connectivity index (χ1) is 34.5. The average molecular weight is 970 g/mol. The Morgan fingerprint density at radius 1 is 0.324 bits per heavy atom. The van der Waals surface area contributed by atoms with Crippen LogP contribution in [0.1, 0.15) is 134 Å². The van der Waals surface area contributed by atoms with E-state index in [1.807, 2.05) is 59.0 Å². The van der Waals surface area contributed by atoms with Gasteiger partial charge in [0.05, 0.1) is 6.61 Å². The van der Waals surface area contributed by atoms with Crippen molar-refractivity contribution in [1.82, 2.24) is 0 Å². The molecular weight excluding hydrogens is 871 g/mol. The van der Waals surface area contributed by atoms with E-state index in [0.717, 1.165) is 38.3 Å². The number of rotatable bonds is 17. The molecule has 0 aliphatic carbocycles. The summed E-state index contributed by atoms with van der Waals surface area (Å²) in [6.07, 6.45) is 42.3. The third-order valence-corrected chi connectivity index (χ3v) is 11.1. The lowest BCUT2D eigenvalue weighted by molar-refractivity contribution is -0.697. The lowest BCUT2D eigenvalue weighted by atomic mass is 10.2. The van der Waals surface area contributed by atoms with Gasteiger partial charge in [-0.15, -0.1) is 0 Å². The summed E-state index contributed by atoms with van der Waals surface area (Å²) in [5.41, 5.74) is 6.25. The number of aliphatic hydroxyl groups is 1. The van der Waals surface area contributed by atoms with E-state index in [2.05, 4.69) is 233 Å². The molecule has 0 bridgehead atoms. The SMILES string of the molecule is CCCCCC[n+]1ccccc1.CCCC[n+]1ccc(C)cc1.CCCC[n+]1cccc(C)c1.CCCC[n+]1ccccc1.CC[n+]1cccc(C)c1.CC[n+]1cccc(CO)c1.Cc1ccc[n+](C)c1. The highest BCUT2D eigenvalue weighted by Gasteiger charge is 2.00. The minimum Gasteiger partial charge on any atom is -0.391 e. The Hall–Kier alpha value is -5.99. The molecule has 0 aliphatic heterocycles. The third kappa shape index (κ3) is 34.9. The van der Waals surface area contributed by atoms with Gasteiger partial charge in [-0.2, -0.15) is 0 Å². The van der Waals surface area contributed by atoms with Crippen LogP contribution in [0.15, 0.2) is 184 Å². The Morgan fingerprint density at radius 2 is 0.704 bits per heavy atom. The molecule has 7 heterocycles. The summed E-state index contributed by atoms with van der Waals surface area (Å²) in [5.74, 6) is 0. The third-order valence-electron chi connectivity index (χ3n) is 11.1. The number of pyridine rings is 7. The molecule has 8 nitrogen and oxygen atoms in total. The predicted molar refractivity (Wildman–Crippen MR) is 293 cm³/mol. The van der Waals surface area contributed by atoms with Crippen LogP contribution in [-0.2, 0) is 52.9 Å². The normalized spacial score (nSPS) is 9.80. The summed E-state index contributed by atoms with van der Waals surface area (Å²) in [6, 6.07) is 33.1. The highest BCUT2D eigenvalue weighted by Crippen LogP contribution is 1.98. The number of aromatic nitrogens is 7. The Labute approximate surface area is 433 Å². The molecule has 0 radical (unpaired) electrons. The van der Waals surface area contributed by atoms with Crippen molar-refractivity contribution in [3.05, 3.63) is 212 Å². The molecule has 0 atom stereocenters. The van der Waals surface area contributed by atoms with E-state index in [1.54, 1.807) is 0 Å². The van der Waals surface area contributed by atoms with E-state index in [-0.39, 0.29) is 6.61 Å². The van der Waals surface area contributed by atoms with Crippen LogP contribution in [-0.4, -0.2) is 5.11 Å². The van der Waals surface area contributed by atoms with Gasteiger partial charge in [-0.1, -0.05) is 71.9 Å². The number of nitrogens with zero attached hydrogens (tertiary/aromatic N) is 7. The van der Waals surface area contributed by atoms with Crippen LogP contribution in [0, 0.1) is 27.7 Å². The Balaban J connectivity index is 0.000000415. The van der Waals surface area contributed by atoms with Gasteiger partial charge < -0.3 is 5.11 Å². The average Bonchev–Trinajstić information content (AvgIpc) is 3.40. The van der Waals surface area contributed by atoms with Gasteiger partial charge in [0.25, 0.3) is 0 Å². The first-order valence-corrected chi connectivity index (χ1v) is 26.8. The minimum absolute atomic E-state index is 0.126. The largest absolute Gasteiger partial charge is 0.391 e. The van der Waals surface area contributed by atoms with Crippen molar-refractivity contribution in [2.75, 3.05) is 0 Å². The predicted octanol–water partition coefficient (Wildman–Crippen LogP) is 11.1. The molecule has 0 amide bonds. The van der Waals surface area contributed by atoms with Crippen LogP contribution in [0.4, 0.5) is 0 Å². The van der Waals surface area contributed by atoms with E-state index in [9.17, 15) is 0 Å². The number of unbranched alkanes of at least 4 members (excludes halogenated alkanes) is 6. The van der Waals surface area contributed by atoms with Gasteiger partial charge in [-0.3, -0.25) is 0 Å². The fraction of sp³-hybridized carbons (Fsp3) is 0.444. The lowest BCUT2D eigenvalue weighted by Gasteiger charge is -1.95. The summed E-state index contributed by atoms with van der Waals surface area (Å²) in [5, 5.41) is 8.74. The number of aliphatic hydroxyl groups excluding tert-OH is 1. The Kier molecular flexibility index (Phi) is 38.0. The first kappa shape index (κ1) is 63.0. The summed E-state index contributed by atoms with van der Waals surface area (Å²) in [7, 11) is 2.02. The molecule has 384 valence electrons. The molecule has 8 heteroatoms. The van der Waals surface area contributed by atoms with Gasteiger partial charge in [0.15, 0.2) is 86.8 Å². The smallest absolute Gasteiger partial charge is 0.174 e. The highest BCUT2D eigenvalue weighted by atomic mass is 16.3. The maximum Gasteiger partial charge on any atom is 0.174 e. The number of hydrogen-bond acceptors (Lipinski definition) is 1. The molecule has 0 saturated carbocycles. The maximum atomic E-state index is 8.74. The topological polar surface area (TPSA) is 47.4 Å². The summed E-state index contributed by atoms with van der Waals surface area (Å²) in [6.45, 7) is 28.3. The number of hydrogen-bond donors (Lipinski definition) is 1. The van der Waals surface area contributed by atoms with Crippen LogP contribution in [0.3, 0.4) is 0 Å². The van der Waals surface area contributed by atoms with Crippen LogP contribution < -0.4 is 32.0 Å². The standard InChI is InChI=1S/C11H18N.2C10H16N.C9H14N.C8H12NO.C8H12N.C7H10N/c1-2-3-4-6-9-12-10-7-5-8-11-12;1-3-4-7-11-8-5-10(2)6-9-11;1-3-4-7-11-8-5-6-10(2)9-11;1-2-3-7-10-8-5-4-6-9-10;1-2-9-5-3-4-8(6-9)7-10;1-3-9-6-4-5-8(2)7-9;1-7-4-3-5-8(2)6-7/h5,7-8,10-11H,2-4,6,9H2,1H3;2*5-6,8-9H,3-4,7H2,1-2H3;4-6,8-9H,2-3,7H2,1H3;3-6,10H,2,7H2,1H3;4-7H,3H2,1-2H3;3-6H,1-2H3/q7*+1. The fourth-order valence-corrected chi connectivity index (χ4v) is 6.84. The summed E-state index contributed by atoms with van der Waals surface area (Å²) < 4.78 is 15.2. The molecule has 0 saturated heterocycles. The van der Waals surface area contributed by atoms with Crippen LogP contribution in [0.2, 0.25) is 0 Å². The second kappa shape index (κ2) is 42.9. The molecule has 7 aromatic heterocycles. The van der Waals surface area contributed by atoms with E-state index >= 15 is 0 Å². The molecule has 7 aromatic rings. The van der Waals surface area contributed by atoms with E-state index in [1.165, 1.54) is 93.0 Å². The highest BCUT2D eigenvalue weighted by molar-refractivity contribution is 5.04. The molecular formula is C63H98N7O+7. The number of aryl methyl sites for hydroxylation is 11. The Bertz CT molecular complexity index is 2250.